The van der Waals surface area contributed by atoms with Crippen LogP contribution in [0.25, 0.3) is 0 Å². The van der Waals surface area contributed by atoms with Crippen molar-refractivity contribution in [3.63, 3.8) is 0 Å². The van der Waals surface area contributed by atoms with Crippen molar-refractivity contribution < 1.29 is 13.2 Å². The van der Waals surface area contributed by atoms with Gasteiger partial charge in [0.25, 0.3) is 0 Å². The van der Waals surface area contributed by atoms with Crippen LogP contribution >= 0.6 is 12.4 Å². The molecule has 0 unspecified atom stereocenters. The van der Waals surface area contributed by atoms with Crippen molar-refractivity contribution in [2.75, 3.05) is 7.05 Å². The summed E-state index contributed by atoms with van der Waals surface area (Å²) in [7, 11) is 1.94. The molecule has 0 amide bonds. The lowest BCUT2D eigenvalue weighted by molar-refractivity contribution is -0.137. The fraction of sp³-hybridized carbons (Fsp3) is 0.333. The van der Waals surface area contributed by atoms with Gasteiger partial charge in [-0.1, -0.05) is 36.4 Å². The molecule has 0 aliphatic heterocycles. The first-order chi connectivity index (χ1) is 10.5. The summed E-state index contributed by atoms with van der Waals surface area (Å²) in [5.41, 5.74) is 2.83. The molecule has 1 N–H and O–H groups in total. The Morgan fingerprint density at radius 2 is 1.52 bits per heavy atom. The molecule has 0 saturated carbocycles. The molecule has 2 atom stereocenters. The number of halogens is 4. The zero-order valence-electron chi connectivity index (χ0n) is 12.7. The summed E-state index contributed by atoms with van der Waals surface area (Å²) in [6.07, 6.45) is -2.35. The Kier molecular flexibility index (Phi) is 5.37. The van der Waals surface area contributed by atoms with Crippen LogP contribution < -0.4 is 5.32 Å². The highest BCUT2D eigenvalue weighted by Gasteiger charge is 2.31. The number of hydrogen-bond donors (Lipinski definition) is 1. The van der Waals surface area contributed by atoms with E-state index < -0.39 is 11.7 Å². The molecule has 1 nitrogen and oxygen atoms in total. The van der Waals surface area contributed by atoms with Crippen molar-refractivity contribution in [1.29, 1.82) is 0 Å². The van der Waals surface area contributed by atoms with Crippen molar-refractivity contribution in [1.82, 2.24) is 5.32 Å². The molecule has 5 heteroatoms. The smallest absolute Gasteiger partial charge is 0.313 e. The van der Waals surface area contributed by atoms with E-state index in [2.05, 4.69) is 17.4 Å². The standard InChI is InChI=1S/C18H18F3N.ClH/c1-22-17-11-10-14(15-4-2-3-5-16(15)17)12-6-8-13(9-7-12)18(19,20)21;/h2-9,14,17,22H,10-11H2,1H3;1H/t14-,17-;/m0./s1. The average molecular weight is 342 g/mol. The van der Waals surface area contributed by atoms with Crippen LogP contribution in [-0.4, -0.2) is 7.05 Å². The van der Waals surface area contributed by atoms with E-state index in [1.165, 1.54) is 23.3 Å². The number of fused-ring (bicyclic) bond motifs is 1. The Hall–Kier alpha value is -1.52. The molecule has 2 aromatic carbocycles. The predicted molar refractivity (Wildman–Crippen MR) is 88.0 cm³/mol. The minimum absolute atomic E-state index is 0. The van der Waals surface area contributed by atoms with Crippen molar-refractivity contribution >= 4 is 12.4 Å². The third kappa shape index (κ3) is 3.54. The van der Waals surface area contributed by atoms with Gasteiger partial charge in [-0.2, -0.15) is 13.2 Å². The van der Waals surface area contributed by atoms with E-state index in [-0.39, 0.29) is 18.3 Å². The molecule has 0 saturated heterocycles. The SMILES string of the molecule is CN[C@H]1CC[C@@H](c2ccc(C(F)(F)F)cc2)c2ccccc21.Cl. The van der Waals surface area contributed by atoms with Crippen LogP contribution in [0.5, 0.6) is 0 Å². The summed E-state index contributed by atoms with van der Waals surface area (Å²) in [6.45, 7) is 0. The van der Waals surface area contributed by atoms with Crippen LogP contribution in [0.2, 0.25) is 0 Å². The van der Waals surface area contributed by atoms with Gasteiger partial charge < -0.3 is 5.32 Å². The summed E-state index contributed by atoms with van der Waals surface area (Å²) in [4.78, 5) is 0. The van der Waals surface area contributed by atoms with E-state index in [0.717, 1.165) is 18.4 Å². The van der Waals surface area contributed by atoms with E-state index in [0.29, 0.717) is 6.04 Å². The summed E-state index contributed by atoms with van der Waals surface area (Å²) in [5.74, 6) is 0.170. The molecule has 2 aromatic rings. The second-order valence-corrected chi connectivity index (χ2v) is 5.72. The van der Waals surface area contributed by atoms with Crippen LogP contribution in [-0.2, 0) is 6.18 Å². The second-order valence-electron chi connectivity index (χ2n) is 5.72. The highest BCUT2D eigenvalue weighted by atomic mass is 35.5. The maximum atomic E-state index is 12.7. The second kappa shape index (κ2) is 6.93. The third-order valence-corrected chi connectivity index (χ3v) is 4.48. The Bertz CT molecular complexity index is 652. The number of rotatable bonds is 2. The molecule has 1 aliphatic carbocycles. The lowest BCUT2D eigenvalue weighted by atomic mass is 9.76. The predicted octanol–water partition coefficient (Wildman–Crippen LogP) is 5.31. The van der Waals surface area contributed by atoms with Gasteiger partial charge in [-0.05, 0) is 48.7 Å². The van der Waals surface area contributed by atoms with Gasteiger partial charge in [0.2, 0.25) is 0 Å². The quantitative estimate of drug-likeness (QED) is 0.780. The first-order valence-corrected chi connectivity index (χ1v) is 7.44. The van der Waals surface area contributed by atoms with Crippen LogP contribution in [0.1, 0.15) is 47.1 Å². The third-order valence-electron chi connectivity index (χ3n) is 4.48. The van der Waals surface area contributed by atoms with Crippen LogP contribution in [0.4, 0.5) is 13.2 Å². The molecule has 0 fully saturated rings. The topological polar surface area (TPSA) is 12.0 Å². The molecule has 0 radical (unpaired) electrons. The minimum atomic E-state index is -4.28. The monoisotopic (exact) mass is 341 g/mol. The number of hydrogen-bond acceptors (Lipinski definition) is 1. The van der Waals surface area contributed by atoms with Crippen molar-refractivity contribution in [2.45, 2.75) is 31.0 Å². The van der Waals surface area contributed by atoms with Gasteiger partial charge in [0.05, 0.1) is 5.56 Å². The maximum absolute atomic E-state index is 12.7. The number of alkyl halides is 3. The molecular weight excluding hydrogens is 323 g/mol. The highest BCUT2D eigenvalue weighted by molar-refractivity contribution is 5.85. The summed E-state index contributed by atoms with van der Waals surface area (Å²) in [6, 6.07) is 14.1. The van der Waals surface area contributed by atoms with Gasteiger partial charge in [-0.3, -0.25) is 0 Å². The maximum Gasteiger partial charge on any atom is 0.416 e. The highest BCUT2D eigenvalue weighted by Crippen LogP contribution is 2.41. The molecule has 0 aromatic heterocycles. The van der Waals surface area contributed by atoms with Crippen molar-refractivity contribution in [3.8, 4) is 0 Å². The van der Waals surface area contributed by atoms with Gasteiger partial charge in [0.15, 0.2) is 0 Å². The molecule has 1 aliphatic rings. The van der Waals surface area contributed by atoms with E-state index in [1.54, 1.807) is 12.1 Å². The molecule has 0 bridgehead atoms. The Balaban J connectivity index is 0.00000192. The molecule has 3 rings (SSSR count). The van der Waals surface area contributed by atoms with Gasteiger partial charge in [0.1, 0.15) is 0 Å². The van der Waals surface area contributed by atoms with Gasteiger partial charge in [-0.25, -0.2) is 0 Å². The van der Waals surface area contributed by atoms with Gasteiger partial charge in [0, 0.05) is 12.0 Å². The fourth-order valence-corrected chi connectivity index (χ4v) is 3.34. The lowest BCUT2D eigenvalue weighted by Gasteiger charge is -2.32. The van der Waals surface area contributed by atoms with Crippen LogP contribution in [0.15, 0.2) is 48.5 Å². The van der Waals surface area contributed by atoms with Crippen molar-refractivity contribution in [3.05, 3.63) is 70.8 Å². The number of benzene rings is 2. The Labute approximate surface area is 140 Å². The zero-order chi connectivity index (χ0) is 15.7. The Morgan fingerprint density at radius 1 is 0.913 bits per heavy atom. The van der Waals surface area contributed by atoms with Crippen LogP contribution in [0.3, 0.4) is 0 Å². The summed E-state index contributed by atoms with van der Waals surface area (Å²) in [5, 5.41) is 3.31. The van der Waals surface area contributed by atoms with Crippen molar-refractivity contribution in [2.24, 2.45) is 0 Å². The molecule has 0 spiro atoms. The average Bonchev–Trinajstić information content (AvgIpc) is 2.53. The van der Waals surface area contributed by atoms with E-state index >= 15 is 0 Å². The van der Waals surface area contributed by atoms with E-state index in [4.69, 9.17) is 0 Å². The lowest BCUT2D eigenvalue weighted by Crippen LogP contribution is -2.24. The first kappa shape index (κ1) is 17.8. The largest absolute Gasteiger partial charge is 0.416 e. The van der Waals surface area contributed by atoms with E-state index in [9.17, 15) is 13.2 Å². The molecular formula is C18H19ClF3N. The first-order valence-electron chi connectivity index (χ1n) is 7.44. The summed E-state index contributed by atoms with van der Waals surface area (Å²) >= 11 is 0. The molecule has 0 heterocycles. The van der Waals surface area contributed by atoms with Gasteiger partial charge >= 0.3 is 6.18 Å². The van der Waals surface area contributed by atoms with Crippen LogP contribution in [0, 0.1) is 0 Å². The van der Waals surface area contributed by atoms with E-state index in [1.807, 2.05) is 19.2 Å². The Morgan fingerprint density at radius 3 is 2.09 bits per heavy atom. The minimum Gasteiger partial charge on any atom is -0.313 e. The fourth-order valence-electron chi connectivity index (χ4n) is 3.34. The molecule has 124 valence electrons. The molecule has 23 heavy (non-hydrogen) atoms. The normalized spacial score (nSPS) is 20.5. The number of nitrogens with one attached hydrogen (secondary N) is 1. The zero-order valence-corrected chi connectivity index (χ0v) is 13.5. The van der Waals surface area contributed by atoms with Gasteiger partial charge in [-0.15, -0.1) is 12.4 Å². The summed E-state index contributed by atoms with van der Waals surface area (Å²) < 4.78 is 38.1.